The van der Waals surface area contributed by atoms with Crippen molar-refractivity contribution >= 4 is 52.9 Å². The molecular weight excluding hydrogens is 665 g/mol. The molecule has 2 aliphatic heterocycles. The zero-order chi connectivity index (χ0) is 30.5. The van der Waals surface area contributed by atoms with E-state index in [9.17, 15) is 9.90 Å². The predicted molar refractivity (Wildman–Crippen MR) is 187 cm³/mol. The van der Waals surface area contributed by atoms with Crippen molar-refractivity contribution in [2.45, 2.75) is 44.7 Å². The SMILES string of the molecule is CC(C)(C)[Si](OC[C@@H]1CN(c2ccc(I)cc2)CCN1CC1CCN(CC(=O)O)CC1)(c1ccccc1)c1ccccc1. The zero-order valence-electron chi connectivity index (χ0n) is 25.8. The van der Waals surface area contributed by atoms with Crippen molar-refractivity contribution in [2.24, 2.45) is 5.92 Å². The lowest BCUT2D eigenvalue weighted by Crippen LogP contribution is -2.68. The van der Waals surface area contributed by atoms with E-state index in [0.717, 1.165) is 52.1 Å². The first-order chi connectivity index (χ1) is 20.7. The van der Waals surface area contributed by atoms with Crippen LogP contribution in [0.15, 0.2) is 84.9 Å². The number of rotatable bonds is 10. The largest absolute Gasteiger partial charge is 0.480 e. The molecule has 3 aromatic rings. The second-order valence-electron chi connectivity index (χ2n) is 13.2. The summed E-state index contributed by atoms with van der Waals surface area (Å²) in [7, 11) is -2.66. The summed E-state index contributed by atoms with van der Waals surface area (Å²) in [6.45, 7) is 13.5. The minimum absolute atomic E-state index is 0.0675. The van der Waals surface area contributed by atoms with Gasteiger partial charge < -0.3 is 14.4 Å². The molecule has 43 heavy (non-hydrogen) atoms. The molecule has 3 aromatic carbocycles. The number of piperazine rings is 1. The van der Waals surface area contributed by atoms with Gasteiger partial charge in [-0.05, 0) is 94.1 Å². The van der Waals surface area contributed by atoms with Crippen LogP contribution in [0.4, 0.5) is 5.69 Å². The summed E-state index contributed by atoms with van der Waals surface area (Å²) in [5.41, 5.74) is 1.28. The van der Waals surface area contributed by atoms with Gasteiger partial charge in [-0.25, -0.2) is 0 Å². The first-order valence-corrected chi connectivity index (χ1v) is 18.6. The van der Waals surface area contributed by atoms with Gasteiger partial charge in [0.15, 0.2) is 0 Å². The average Bonchev–Trinajstić information content (AvgIpc) is 3.00. The Morgan fingerprint density at radius 1 is 0.884 bits per heavy atom. The Morgan fingerprint density at radius 3 is 2.00 bits per heavy atom. The molecule has 0 radical (unpaired) electrons. The fourth-order valence-corrected chi connectivity index (χ4v) is 12.0. The summed E-state index contributed by atoms with van der Waals surface area (Å²) in [5, 5.41) is 11.8. The van der Waals surface area contributed by atoms with Gasteiger partial charge in [-0.2, -0.15) is 0 Å². The highest BCUT2D eigenvalue weighted by Gasteiger charge is 2.50. The molecule has 0 unspecified atom stereocenters. The summed E-state index contributed by atoms with van der Waals surface area (Å²) in [6, 6.07) is 31.0. The average molecular weight is 712 g/mol. The number of carboxylic acid groups (broad SMARTS) is 1. The lowest BCUT2D eigenvalue weighted by molar-refractivity contribution is -0.138. The van der Waals surface area contributed by atoms with Gasteiger partial charge in [-0.3, -0.25) is 14.6 Å². The third-order valence-electron chi connectivity index (χ3n) is 9.26. The summed E-state index contributed by atoms with van der Waals surface area (Å²) < 4.78 is 8.74. The quantitative estimate of drug-likeness (QED) is 0.232. The fourth-order valence-electron chi connectivity index (χ4n) is 7.01. The van der Waals surface area contributed by atoms with Gasteiger partial charge in [0.25, 0.3) is 8.32 Å². The van der Waals surface area contributed by atoms with Crippen molar-refractivity contribution in [1.29, 1.82) is 0 Å². The molecule has 2 heterocycles. The van der Waals surface area contributed by atoms with E-state index in [-0.39, 0.29) is 17.6 Å². The van der Waals surface area contributed by atoms with E-state index in [1.165, 1.54) is 19.6 Å². The maximum atomic E-state index is 11.2. The van der Waals surface area contributed by atoms with Crippen LogP contribution >= 0.6 is 22.6 Å². The predicted octanol–water partition coefficient (Wildman–Crippen LogP) is 5.16. The lowest BCUT2D eigenvalue weighted by Gasteiger charge is -2.48. The molecule has 230 valence electrons. The van der Waals surface area contributed by atoms with Gasteiger partial charge in [-0.1, -0.05) is 81.4 Å². The number of anilines is 1. The minimum atomic E-state index is -2.66. The van der Waals surface area contributed by atoms with Crippen LogP contribution in [0.3, 0.4) is 0 Å². The first-order valence-electron chi connectivity index (χ1n) is 15.6. The summed E-state index contributed by atoms with van der Waals surface area (Å²) in [6.07, 6.45) is 2.10. The van der Waals surface area contributed by atoms with E-state index in [4.69, 9.17) is 4.43 Å². The number of carbonyl (C=O) groups is 1. The minimum Gasteiger partial charge on any atom is -0.480 e. The van der Waals surface area contributed by atoms with Gasteiger partial charge in [0, 0.05) is 41.5 Å². The van der Waals surface area contributed by atoms with Crippen LogP contribution in [-0.4, -0.2) is 87.7 Å². The van der Waals surface area contributed by atoms with Crippen molar-refractivity contribution in [3.05, 3.63) is 88.5 Å². The second kappa shape index (κ2) is 14.2. The van der Waals surface area contributed by atoms with Crippen molar-refractivity contribution in [1.82, 2.24) is 9.80 Å². The van der Waals surface area contributed by atoms with Crippen molar-refractivity contribution in [2.75, 3.05) is 57.3 Å². The molecule has 5 rings (SSSR count). The molecule has 1 N–H and O–H groups in total. The molecule has 0 aromatic heterocycles. The molecule has 1 atom stereocenters. The molecule has 0 spiro atoms. The third-order valence-corrected chi connectivity index (χ3v) is 15.0. The normalized spacial score (nSPS) is 19.4. The van der Waals surface area contributed by atoms with Crippen molar-refractivity contribution in [3.8, 4) is 0 Å². The lowest BCUT2D eigenvalue weighted by atomic mass is 9.95. The number of piperidine rings is 1. The molecule has 0 aliphatic carbocycles. The highest BCUT2D eigenvalue weighted by molar-refractivity contribution is 14.1. The number of halogens is 1. The van der Waals surface area contributed by atoms with Gasteiger partial charge in [-0.15, -0.1) is 0 Å². The summed E-state index contributed by atoms with van der Waals surface area (Å²) >= 11 is 2.38. The van der Waals surface area contributed by atoms with E-state index in [1.807, 2.05) is 0 Å². The zero-order valence-corrected chi connectivity index (χ0v) is 28.9. The molecule has 0 saturated carbocycles. The Hall–Kier alpha value is -2.24. The molecule has 8 heteroatoms. The van der Waals surface area contributed by atoms with E-state index in [0.29, 0.717) is 12.5 Å². The third kappa shape index (κ3) is 7.71. The first kappa shape index (κ1) is 32.2. The van der Waals surface area contributed by atoms with Crippen LogP contribution in [0, 0.1) is 9.49 Å². The number of carboxylic acids is 1. The summed E-state index contributed by atoms with van der Waals surface area (Å²) in [5.74, 6) is -0.157. The summed E-state index contributed by atoms with van der Waals surface area (Å²) in [4.78, 5) is 18.5. The topological polar surface area (TPSA) is 56.2 Å². The van der Waals surface area contributed by atoms with E-state index in [2.05, 4.69) is 143 Å². The van der Waals surface area contributed by atoms with Crippen molar-refractivity contribution < 1.29 is 14.3 Å². The van der Waals surface area contributed by atoms with Gasteiger partial charge in [0.1, 0.15) is 0 Å². The fraction of sp³-hybridized carbons (Fsp3) is 0.457. The standard InChI is InChI=1S/C35H46IN3O3Si/c1-35(2,3)43(32-10-6-4-7-11-32,33-12-8-5-9-13-33)42-27-31-25-39(30-16-14-29(36)15-17-30)23-22-38(31)24-28-18-20-37(21-19-28)26-34(40)41/h4-17,28,31H,18-27H2,1-3H3,(H,40,41)/t31-/m0/s1. The number of benzene rings is 3. The number of hydrogen-bond acceptors (Lipinski definition) is 5. The van der Waals surface area contributed by atoms with E-state index < -0.39 is 14.3 Å². The highest BCUT2D eigenvalue weighted by Crippen LogP contribution is 2.37. The second-order valence-corrected chi connectivity index (χ2v) is 18.7. The maximum absolute atomic E-state index is 11.2. The molecule has 6 nitrogen and oxygen atoms in total. The Kier molecular flexibility index (Phi) is 10.7. The Labute approximate surface area is 272 Å². The van der Waals surface area contributed by atoms with Crippen LogP contribution in [0.2, 0.25) is 5.04 Å². The number of nitrogens with zero attached hydrogens (tertiary/aromatic N) is 3. The van der Waals surface area contributed by atoms with Crippen LogP contribution < -0.4 is 15.3 Å². The van der Waals surface area contributed by atoms with Crippen LogP contribution in [-0.2, 0) is 9.22 Å². The molecule has 0 bridgehead atoms. The van der Waals surface area contributed by atoms with Gasteiger partial charge in [0.2, 0.25) is 0 Å². The number of aliphatic carboxylic acids is 1. The van der Waals surface area contributed by atoms with Crippen molar-refractivity contribution in [3.63, 3.8) is 0 Å². The molecule has 0 amide bonds. The van der Waals surface area contributed by atoms with E-state index in [1.54, 1.807) is 0 Å². The Balaban J connectivity index is 1.41. The molecule has 2 aliphatic rings. The van der Waals surface area contributed by atoms with Crippen LogP contribution in [0.5, 0.6) is 0 Å². The van der Waals surface area contributed by atoms with E-state index >= 15 is 0 Å². The monoisotopic (exact) mass is 711 g/mol. The Morgan fingerprint density at radius 2 is 1.47 bits per heavy atom. The van der Waals surface area contributed by atoms with Crippen LogP contribution in [0.25, 0.3) is 0 Å². The maximum Gasteiger partial charge on any atom is 0.317 e. The van der Waals surface area contributed by atoms with Gasteiger partial charge in [0.05, 0.1) is 13.2 Å². The highest BCUT2D eigenvalue weighted by atomic mass is 127. The Bertz CT molecular complexity index is 1270. The smallest absolute Gasteiger partial charge is 0.317 e. The molecular formula is C35H46IN3O3Si. The molecule has 2 saturated heterocycles. The number of likely N-dealkylation sites (tertiary alicyclic amines) is 1. The number of hydrogen-bond donors (Lipinski definition) is 1. The van der Waals surface area contributed by atoms with Gasteiger partial charge >= 0.3 is 5.97 Å². The van der Waals surface area contributed by atoms with Crippen LogP contribution in [0.1, 0.15) is 33.6 Å². The molecule has 2 fully saturated rings.